The summed E-state index contributed by atoms with van der Waals surface area (Å²) in [6, 6.07) is 10.8. The first kappa shape index (κ1) is 18.8. The van der Waals surface area contributed by atoms with Crippen LogP contribution in [-0.4, -0.2) is 32.2 Å². The Hall–Kier alpha value is -3.00. The molecule has 0 fully saturated rings. The molecule has 0 bridgehead atoms. The number of ether oxygens (including phenoxy) is 1. The average Bonchev–Trinajstić information content (AvgIpc) is 3.04. The van der Waals surface area contributed by atoms with Crippen LogP contribution in [0, 0.1) is 4.77 Å². The number of rotatable bonds is 7. The van der Waals surface area contributed by atoms with Crippen LogP contribution in [0.25, 0.3) is 0 Å². The largest absolute Gasteiger partial charge is 0.456 e. The van der Waals surface area contributed by atoms with E-state index in [0.29, 0.717) is 34.8 Å². The molecule has 0 saturated heterocycles. The van der Waals surface area contributed by atoms with Crippen LogP contribution in [0.5, 0.6) is 11.5 Å². The second-order valence-corrected chi connectivity index (χ2v) is 6.62. The van der Waals surface area contributed by atoms with Crippen molar-refractivity contribution in [2.75, 3.05) is 6.54 Å². The molecule has 0 aliphatic heterocycles. The highest BCUT2D eigenvalue weighted by Crippen LogP contribution is 2.20. The Balaban J connectivity index is 1.55. The second kappa shape index (κ2) is 8.59. The lowest BCUT2D eigenvalue weighted by molar-refractivity contribution is 0.0954. The quantitative estimate of drug-likeness (QED) is 0.608. The fourth-order valence-corrected chi connectivity index (χ4v) is 3.02. The number of aromatic nitrogens is 4. The van der Waals surface area contributed by atoms with Gasteiger partial charge in [0.05, 0.1) is 6.20 Å². The van der Waals surface area contributed by atoms with Crippen molar-refractivity contribution in [3.63, 3.8) is 0 Å². The van der Waals surface area contributed by atoms with Gasteiger partial charge in [0.1, 0.15) is 17.3 Å². The Morgan fingerprint density at radius 1 is 1.26 bits per heavy atom. The first-order valence-corrected chi connectivity index (χ1v) is 9.07. The Kier molecular flexibility index (Phi) is 5.97. The van der Waals surface area contributed by atoms with Gasteiger partial charge in [0.25, 0.3) is 5.91 Å². The van der Waals surface area contributed by atoms with Gasteiger partial charge in [-0.25, -0.2) is 0 Å². The minimum Gasteiger partial charge on any atom is -0.456 e. The van der Waals surface area contributed by atoms with Crippen LogP contribution in [-0.2, 0) is 6.42 Å². The molecule has 27 heavy (non-hydrogen) atoms. The van der Waals surface area contributed by atoms with E-state index in [-0.39, 0.29) is 11.9 Å². The maximum absolute atomic E-state index is 12.3. The molecule has 0 spiro atoms. The molecule has 3 aromatic rings. The first-order valence-electron chi connectivity index (χ1n) is 8.66. The van der Waals surface area contributed by atoms with E-state index in [2.05, 4.69) is 20.5 Å². The van der Waals surface area contributed by atoms with E-state index in [1.165, 1.54) is 0 Å². The summed E-state index contributed by atoms with van der Waals surface area (Å²) in [4.78, 5) is 16.3. The third kappa shape index (κ3) is 4.79. The van der Waals surface area contributed by atoms with E-state index in [1.807, 2.05) is 24.5 Å². The third-order valence-electron chi connectivity index (χ3n) is 3.91. The molecule has 0 radical (unpaired) electrons. The normalized spacial score (nSPS) is 10.8. The van der Waals surface area contributed by atoms with E-state index in [9.17, 15) is 4.79 Å². The molecule has 140 valence electrons. The van der Waals surface area contributed by atoms with Crippen LogP contribution in [0.2, 0.25) is 0 Å². The molecule has 1 aromatic carbocycles. The summed E-state index contributed by atoms with van der Waals surface area (Å²) in [6.45, 7) is 4.56. The number of H-pyrrole nitrogens is 1. The van der Waals surface area contributed by atoms with Crippen LogP contribution >= 0.6 is 12.2 Å². The molecule has 2 N–H and O–H groups in total. The average molecular weight is 383 g/mol. The van der Waals surface area contributed by atoms with Crippen molar-refractivity contribution in [2.45, 2.75) is 26.3 Å². The number of nitrogens with zero attached hydrogens (tertiary/aromatic N) is 3. The molecule has 2 aromatic heterocycles. The lowest BCUT2D eigenvalue weighted by Gasteiger charge is -2.11. The minimum atomic E-state index is -0.145. The summed E-state index contributed by atoms with van der Waals surface area (Å²) < 4.78 is 8.21. The van der Waals surface area contributed by atoms with Crippen LogP contribution in [0.15, 0.2) is 48.8 Å². The maximum Gasteiger partial charge on any atom is 0.251 e. The number of pyridine rings is 1. The van der Waals surface area contributed by atoms with Crippen LogP contribution < -0.4 is 10.1 Å². The van der Waals surface area contributed by atoms with Crippen LogP contribution in [0.4, 0.5) is 0 Å². The minimum absolute atomic E-state index is 0.145. The van der Waals surface area contributed by atoms with E-state index < -0.39 is 0 Å². The molecular formula is C19H21N5O2S. The van der Waals surface area contributed by atoms with Gasteiger partial charge in [-0.05, 0) is 62.5 Å². The lowest BCUT2D eigenvalue weighted by Crippen LogP contribution is -2.26. The molecule has 1 amide bonds. The van der Waals surface area contributed by atoms with Gasteiger partial charge in [-0.3, -0.25) is 14.9 Å². The molecule has 0 aliphatic carbocycles. The SMILES string of the molecule is CC(C)n1c(CCNC(=O)c2ccc(Oc3cccnc3)cc2)n[nH]c1=S. The number of hydrogen-bond donors (Lipinski definition) is 2. The van der Waals surface area contributed by atoms with Crippen molar-refractivity contribution >= 4 is 18.1 Å². The van der Waals surface area contributed by atoms with Gasteiger partial charge in [-0.2, -0.15) is 5.10 Å². The van der Waals surface area contributed by atoms with Crippen LogP contribution in [0.1, 0.15) is 36.1 Å². The molecule has 8 heteroatoms. The Morgan fingerprint density at radius 2 is 2.04 bits per heavy atom. The van der Waals surface area contributed by atoms with Crippen molar-refractivity contribution in [1.29, 1.82) is 0 Å². The molecule has 0 unspecified atom stereocenters. The molecule has 7 nitrogen and oxygen atoms in total. The number of aromatic amines is 1. The van der Waals surface area contributed by atoms with E-state index in [1.54, 1.807) is 42.7 Å². The molecule has 2 heterocycles. The summed E-state index contributed by atoms with van der Waals surface area (Å²) in [5.74, 6) is 1.98. The van der Waals surface area contributed by atoms with Crippen molar-refractivity contribution in [3.05, 3.63) is 65.0 Å². The highest BCUT2D eigenvalue weighted by atomic mass is 32.1. The summed E-state index contributed by atoms with van der Waals surface area (Å²) in [7, 11) is 0. The zero-order valence-corrected chi connectivity index (χ0v) is 16.0. The Morgan fingerprint density at radius 3 is 2.70 bits per heavy atom. The fourth-order valence-electron chi connectivity index (χ4n) is 2.65. The zero-order chi connectivity index (χ0) is 19.2. The van der Waals surface area contributed by atoms with Crippen molar-refractivity contribution < 1.29 is 9.53 Å². The predicted octanol–water partition coefficient (Wildman–Crippen LogP) is 3.68. The Bertz CT molecular complexity index is 948. The highest BCUT2D eigenvalue weighted by molar-refractivity contribution is 7.71. The van der Waals surface area contributed by atoms with Gasteiger partial charge in [-0.1, -0.05) is 0 Å². The third-order valence-corrected chi connectivity index (χ3v) is 4.20. The van der Waals surface area contributed by atoms with Crippen molar-refractivity contribution in [1.82, 2.24) is 25.1 Å². The summed E-state index contributed by atoms with van der Waals surface area (Å²) in [6.07, 6.45) is 3.91. The molecule has 3 rings (SSSR count). The maximum atomic E-state index is 12.3. The highest BCUT2D eigenvalue weighted by Gasteiger charge is 2.10. The number of carbonyl (C=O) groups is 1. The molecule has 0 aliphatic rings. The molecule has 0 saturated carbocycles. The standard InChI is InChI=1S/C19H21N5O2S/c1-13(2)24-17(22-23-19(24)27)9-11-21-18(25)14-5-7-15(8-6-14)26-16-4-3-10-20-12-16/h3-8,10,12-13H,9,11H2,1-2H3,(H,21,25)(H,23,27). The zero-order valence-electron chi connectivity index (χ0n) is 15.2. The number of hydrogen-bond acceptors (Lipinski definition) is 5. The lowest BCUT2D eigenvalue weighted by atomic mass is 10.2. The molecule has 0 atom stereocenters. The van der Waals surface area contributed by atoms with E-state index in [0.717, 1.165) is 5.82 Å². The summed E-state index contributed by atoms with van der Waals surface area (Å²) in [5, 5.41) is 9.93. The van der Waals surface area contributed by atoms with Gasteiger partial charge in [0.15, 0.2) is 4.77 Å². The van der Waals surface area contributed by atoms with Gasteiger partial charge >= 0.3 is 0 Å². The van der Waals surface area contributed by atoms with Gasteiger partial charge in [0, 0.05) is 30.8 Å². The van der Waals surface area contributed by atoms with Crippen LogP contribution in [0.3, 0.4) is 0 Å². The van der Waals surface area contributed by atoms with Gasteiger partial charge < -0.3 is 14.6 Å². The van der Waals surface area contributed by atoms with Gasteiger partial charge in [-0.15, -0.1) is 0 Å². The summed E-state index contributed by atoms with van der Waals surface area (Å²) >= 11 is 5.23. The van der Waals surface area contributed by atoms with Gasteiger partial charge in [0.2, 0.25) is 0 Å². The monoisotopic (exact) mass is 383 g/mol. The van der Waals surface area contributed by atoms with Crippen molar-refractivity contribution in [3.8, 4) is 11.5 Å². The number of amides is 1. The number of nitrogens with one attached hydrogen (secondary N) is 2. The van der Waals surface area contributed by atoms with E-state index >= 15 is 0 Å². The second-order valence-electron chi connectivity index (χ2n) is 6.23. The Labute approximate surface area is 162 Å². The number of benzene rings is 1. The van der Waals surface area contributed by atoms with E-state index in [4.69, 9.17) is 17.0 Å². The van der Waals surface area contributed by atoms with Crippen molar-refractivity contribution in [2.24, 2.45) is 0 Å². The first-order chi connectivity index (χ1) is 13.0. The smallest absolute Gasteiger partial charge is 0.251 e. The number of carbonyl (C=O) groups excluding carboxylic acids is 1. The fraction of sp³-hybridized carbons (Fsp3) is 0.263. The predicted molar refractivity (Wildman–Crippen MR) is 105 cm³/mol. The topological polar surface area (TPSA) is 84.8 Å². The molecular weight excluding hydrogens is 362 g/mol. The summed E-state index contributed by atoms with van der Waals surface area (Å²) in [5.41, 5.74) is 0.566.